The van der Waals surface area contributed by atoms with Gasteiger partial charge in [0.15, 0.2) is 0 Å². The van der Waals surface area contributed by atoms with E-state index in [1.807, 2.05) is 12.1 Å². The predicted octanol–water partition coefficient (Wildman–Crippen LogP) is 3.23. The molecule has 0 spiro atoms. The van der Waals surface area contributed by atoms with E-state index in [4.69, 9.17) is 17.3 Å². The number of benzene rings is 1. The first kappa shape index (κ1) is 16.6. The summed E-state index contributed by atoms with van der Waals surface area (Å²) in [5, 5.41) is 0.842. The number of nitrogens with two attached hydrogens (primary N) is 1. The molecule has 2 rings (SSSR count). The van der Waals surface area contributed by atoms with Gasteiger partial charge in [-0.2, -0.15) is 0 Å². The first-order chi connectivity index (χ1) is 9.96. The molecule has 2 N–H and O–H groups in total. The van der Waals surface area contributed by atoms with Crippen molar-refractivity contribution in [1.29, 1.82) is 0 Å². The van der Waals surface area contributed by atoms with E-state index in [0.29, 0.717) is 5.92 Å². The van der Waals surface area contributed by atoms with Gasteiger partial charge in [0.25, 0.3) is 0 Å². The number of hydrogen-bond donors (Lipinski definition) is 1. The van der Waals surface area contributed by atoms with Crippen molar-refractivity contribution in [2.75, 3.05) is 37.6 Å². The highest BCUT2D eigenvalue weighted by atomic mass is 35.5. The standard InChI is InChI=1S/C17H28ClN3/c1-14(2)12-17(3,13-19)21-10-8-20(9-11-21)16-7-5-4-6-15(16)18/h4-7,14H,8-13,19H2,1-3H3. The summed E-state index contributed by atoms with van der Waals surface area (Å²) in [7, 11) is 0. The topological polar surface area (TPSA) is 32.5 Å². The quantitative estimate of drug-likeness (QED) is 0.906. The maximum Gasteiger partial charge on any atom is 0.0639 e. The normalized spacial score (nSPS) is 19.8. The summed E-state index contributed by atoms with van der Waals surface area (Å²) in [6.45, 7) is 11.7. The molecule has 0 amide bonds. The summed E-state index contributed by atoms with van der Waals surface area (Å²) in [6.07, 6.45) is 1.15. The van der Waals surface area contributed by atoms with Crippen LogP contribution in [0.3, 0.4) is 0 Å². The Bertz CT molecular complexity index is 455. The largest absolute Gasteiger partial charge is 0.368 e. The summed E-state index contributed by atoms with van der Waals surface area (Å²) >= 11 is 6.30. The Morgan fingerprint density at radius 3 is 2.33 bits per heavy atom. The van der Waals surface area contributed by atoms with Crippen molar-refractivity contribution in [1.82, 2.24) is 4.90 Å². The second-order valence-electron chi connectivity index (χ2n) is 6.72. The molecule has 1 heterocycles. The van der Waals surface area contributed by atoms with Crippen molar-refractivity contribution >= 4 is 17.3 Å². The van der Waals surface area contributed by atoms with Gasteiger partial charge in [-0.05, 0) is 31.4 Å². The van der Waals surface area contributed by atoms with Gasteiger partial charge in [0, 0.05) is 38.3 Å². The van der Waals surface area contributed by atoms with Gasteiger partial charge in [0.1, 0.15) is 0 Å². The average molecular weight is 310 g/mol. The number of rotatable bonds is 5. The molecule has 1 saturated heterocycles. The summed E-state index contributed by atoms with van der Waals surface area (Å²) in [5.74, 6) is 0.667. The third kappa shape index (κ3) is 3.91. The molecule has 0 aliphatic carbocycles. The van der Waals surface area contributed by atoms with Crippen molar-refractivity contribution < 1.29 is 0 Å². The molecule has 1 aliphatic rings. The van der Waals surface area contributed by atoms with Crippen molar-refractivity contribution in [3.8, 4) is 0 Å². The highest BCUT2D eigenvalue weighted by molar-refractivity contribution is 6.33. The van der Waals surface area contributed by atoms with Gasteiger partial charge >= 0.3 is 0 Å². The van der Waals surface area contributed by atoms with E-state index >= 15 is 0 Å². The average Bonchev–Trinajstić information content (AvgIpc) is 2.47. The minimum atomic E-state index is 0.112. The van der Waals surface area contributed by atoms with E-state index in [-0.39, 0.29) is 5.54 Å². The lowest BCUT2D eigenvalue weighted by atomic mass is 9.88. The minimum Gasteiger partial charge on any atom is -0.368 e. The molecule has 0 bridgehead atoms. The van der Waals surface area contributed by atoms with Crippen LogP contribution >= 0.6 is 11.6 Å². The Morgan fingerprint density at radius 1 is 1.19 bits per heavy atom. The first-order valence-electron chi connectivity index (χ1n) is 7.91. The van der Waals surface area contributed by atoms with Crippen LogP contribution in [0.25, 0.3) is 0 Å². The van der Waals surface area contributed by atoms with Crippen molar-refractivity contribution in [3.05, 3.63) is 29.3 Å². The summed E-state index contributed by atoms with van der Waals surface area (Å²) in [4.78, 5) is 4.94. The van der Waals surface area contributed by atoms with Gasteiger partial charge in [-0.3, -0.25) is 4.90 Å². The highest BCUT2D eigenvalue weighted by Crippen LogP contribution is 2.29. The number of para-hydroxylation sites is 1. The van der Waals surface area contributed by atoms with Crippen LogP contribution < -0.4 is 10.6 Å². The third-order valence-electron chi connectivity index (χ3n) is 4.52. The Morgan fingerprint density at radius 2 is 1.81 bits per heavy atom. The summed E-state index contributed by atoms with van der Waals surface area (Å²) in [6, 6.07) is 8.10. The monoisotopic (exact) mass is 309 g/mol. The Balaban J connectivity index is 2.01. The molecule has 1 fully saturated rings. The van der Waals surface area contributed by atoms with E-state index in [2.05, 4.69) is 42.7 Å². The zero-order valence-corrected chi connectivity index (χ0v) is 14.2. The van der Waals surface area contributed by atoms with Gasteiger partial charge in [0.05, 0.1) is 10.7 Å². The molecule has 1 atom stereocenters. The molecule has 21 heavy (non-hydrogen) atoms. The van der Waals surface area contributed by atoms with Crippen LogP contribution in [0.15, 0.2) is 24.3 Å². The lowest BCUT2D eigenvalue weighted by Gasteiger charge is -2.47. The van der Waals surface area contributed by atoms with E-state index < -0.39 is 0 Å². The van der Waals surface area contributed by atoms with E-state index in [9.17, 15) is 0 Å². The van der Waals surface area contributed by atoms with Gasteiger partial charge in [-0.25, -0.2) is 0 Å². The molecule has 0 saturated carbocycles. The SMILES string of the molecule is CC(C)CC(C)(CN)N1CCN(c2ccccc2Cl)CC1. The molecule has 0 aromatic heterocycles. The number of hydrogen-bond acceptors (Lipinski definition) is 3. The van der Waals surface area contributed by atoms with Crippen LogP contribution in [0.1, 0.15) is 27.2 Å². The highest BCUT2D eigenvalue weighted by Gasteiger charge is 2.33. The van der Waals surface area contributed by atoms with E-state index in [1.54, 1.807) is 0 Å². The fraction of sp³-hybridized carbons (Fsp3) is 0.647. The second kappa shape index (κ2) is 6.99. The number of piperazine rings is 1. The fourth-order valence-electron chi connectivity index (χ4n) is 3.42. The lowest BCUT2D eigenvalue weighted by Crippen LogP contribution is -2.59. The van der Waals surface area contributed by atoms with E-state index in [0.717, 1.165) is 49.9 Å². The van der Waals surface area contributed by atoms with Crippen molar-refractivity contribution in [2.24, 2.45) is 11.7 Å². The van der Waals surface area contributed by atoms with Crippen LogP contribution in [0.4, 0.5) is 5.69 Å². The molecule has 118 valence electrons. The number of anilines is 1. The van der Waals surface area contributed by atoms with Crippen LogP contribution in [0.2, 0.25) is 5.02 Å². The smallest absolute Gasteiger partial charge is 0.0639 e. The maximum atomic E-state index is 6.30. The number of halogens is 1. The number of nitrogens with zero attached hydrogens (tertiary/aromatic N) is 2. The first-order valence-corrected chi connectivity index (χ1v) is 8.28. The van der Waals surface area contributed by atoms with E-state index in [1.165, 1.54) is 0 Å². The Hall–Kier alpha value is -0.770. The molecule has 3 nitrogen and oxygen atoms in total. The van der Waals surface area contributed by atoms with Crippen LogP contribution in [0.5, 0.6) is 0 Å². The van der Waals surface area contributed by atoms with Crippen molar-refractivity contribution in [2.45, 2.75) is 32.7 Å². The van der Waals surface area contributed by atoms with Gasteiger partial charge < -0.3 is 10.6 Å². The zero-order chi connectivity index (χ0) is 15.5. The van der Waals surface area contributed by atoms with Gasteiger partial charge in [0.2, 0.25) is 0 Å². The molecule has 4 heteroatoms. The Kier molecular flexibility index (Phi) is 5.53. The zero-order valence-electron chi connectivity index (χ0n) is 13.5. The van der Waals surface area contributed by atoms with Crippen molar-refractivity contribution in [3.63, 3.8) is 0 Å². The summed E-state index contributed by atoms with van der Waals surface area (Å²) < 4.78 is 0. The fourth-order valence-corrected chi connectivity index (χ4v) is 3.67. The minimum absolute atomic E-state index is 0.112. The van der Waals surface area contributed by atoms with Crippen LogP contribution in [-0.2, 0) is 0 Å². The second-order valence-corrected chi connectivity index (χ2v) is 7.13. The molecule has 1 unspecified atom stereocenters. The van der Waals surface area contributed by atoms with Crippen LogP contribution in [0, 0.1) is 5.92 Å². The molecule has 1 aromatic rings. The molecule has 1 aliphatic heterocycles. The maximum absolute atomic E-state index is 6.30. The molecule has 0 radical (unpaired) electrons. The molecule has 1 aromatic carbocycles. The molecular formula is C17H28ClN3. The van der Waals surface area contributed by atoms with Gasteiger partial charge in [-0.1, -0.05) is 37.6 Å². The van der Waals surface area contributed by atoms with Crippen LogP contribution in [-0.4, -0.2) is 43.2 Å². The summed E-state index contributed by atoms with van der Waals surface area (Å²) in [5.41, 5.74) is 7.34. The van der Waals surface area contributed by atoms with Gasteiger partial charge in [-0.15, -0.1) is 0 Å². The lowest BCUT2D eigenvalue weighted by molar-refractivity contribution is 0.0826. The predicted molar refractivity (Wildman–Crippen MR) is 92.2 cm³/mol. The third-order valence-corrected chi connectivity index (χ3v) is 4.84. The molecular weight excluding hydrogens is 282 g/mol. The Labute approximate surface area is 134 Å².